The van der Waals surface area contributed by atoms with E-state index in [2.05, 4.69) is 15.2 Å². The number of ether oxygens (including phenoxy) is 1. The van der Waals surface area contributed by atoms with Gasteiger partial charge in [-0.15, -0.1) is 0 Å². The van der Waals surface area contributed by atoms with Crippen LogP contribution in [0.15, 0.2) is 59.5 Å². The number of benzene rings is 2. The Balaban J connectivity index is 1.69. The van der Waals surface area contributed by atoms with E-state index in [-0.39, 0.29) is 23.2 Å². The van der Waals surface area contributed by atoms with Crippen molar-refractivity contribution >= 4 is 21.7 Å². The number of sulfone groups is 1. The van der Waals surface area contributed by atoms with E-state index in [1.54, 1.807) is 18.2 Å². The third kappa shape index (κ3) is 6.11. The summed E-state index contributed by atoms with van der Waals surface area (Å²) in [6.07, 6.45) is 0. The molecule has 0 radical (unpaired) electrons. The first-order valence-corrected chi connectivity index (χ1v) is 12.7. The van der Waals surface area contributed by atoms with Crippen molar-refractivity contribution < 1.29 is 22.3 Å². The van der Waals surface area contributed by atoms with Crippen LogP contribution >= 0.6 is 0 Å². The van der Waals surface area contributed by atoms with Gasteiger partial charge in [0, 0.05) is 24.7 Å². The number of nitrogens with zero attached hydrogens (tertiary/aromatic N) is 3. The molecule has 0 unspecified atom stereocenters. The molecule has 184 valence electrons. The van der Waals surface area contributed by atoms with Gasteiger partial charge >= 0.3 is 6.03 Å². The van der Waals surface area contributed by atoms with E-state index in [1.165, 1.54) is 12.1 Å². The molecule has 3 N–H and O–H groups in total. The van der Waals surface area contributed by atoms with Crippen LogP contribution in [-0.4, -0.2) is 50.2 Å². The maximum atomic E-state index is 13.3. The number of aromatic nitrogens is 2. The summed E-state index contributed by atoms with van der Waals surface area (Å²) in [4.78, 5) is 22.3. The van der Waals surface area contributed by atoms with E-state index in [0.717, 1.165) is 17.7 Å². The Kier molecular flexibility index (Phi) is 7.27. The van der Waals surface area contributed by atoms with Gasteiger partial charge in [-0.2, -0.15) is 0 Å². The van der Waals surface area contributed by atoms with Gasteiger partial charge in [0.2, 0.25) is 0 Å². The van der Waals surface area contributed by atoms with Crippen LogP contribution in [0.25, 0.3) is 11.4 Å². The number of primary amides is 1. The second-order valence-electron chi connectivity index (χ2n) is 8.29. The van der Waals surface area contributed by atoms with Gasteiger partial charge in [0.05, 0.1) is 35.6 Å². The second-order valence-corrected chi connectivity index (χ2v) is 10.3. The Morgan fingerprint density at radius 2 is 1.89 bits per heavy atom. The zero-order valence-corrected chi connectivity index (χ0v) is 20.0. The molecule has 9 nitrogen and oxygen atoms in total. The Bertz CT molecular complexity index is 1300. The van der Waals surface area contributed by atoms with Crippen molar-refractivity contribution in [1.29, 1.82) is 0 Å². The van der Waals surface area contributed by atoms with Crippen molar-refractivity contribution in [2.24, 2.45) is 5.73 Å². The minimum atomic E-state index is -3.76. The molecule has 0 bridgehead atoms. The van der Waals surface area contributed by atoms with Gasteiger partial charge in [-0.05, 0) is 36.8 Å². The number of urea groups is 1. The fourth-order valence-electron chi connectivity index (χ4n) is 3.78. The molecule has 1 aliphatic heterocycles. The number of rotatable bonds is 7. The zero-order chi connectivity index (χ0) is 25.0. The molecular weight excluding hydrogens is 473 g/mol. The monoisotopic (exact) mass is 499 g/mol. The van der Waals surface area contributed by atoms with Gasteiger partial charge in [-0.1, -0.05) is 24.3 Å². The van der Waals surface area contributed by atoms with E-state index >= 15 is 0 Å². The zero-order valence-electron chi connectivity index (χ0n) is 19.1. The number of morpholine rings is 1. The minimum absolute atomic E-state index is 0.0201. The van der Waals surface area contributed by atoms with Gasteiger partial charge in [0.25, 0.3) is 0 Å². The molecular formula is C24H26FN5O4S. The first-order valence-electron chi connectivity index (χ1n) is 11.0. The highest BCUT2D eigenvalue weighted by atomic mass is 32.2. The van der Waals surface area contributed by atoms with Crippen LogP contribution in [0.1, 0.15) is 18.2 Å². The molecule has 1 aliphatic rings. The van der Waals surface area contributed by atoms with Crippen molar-refractivity contribution in [2.45, 2.75) is 30.2 Å². The maximum Gasteiger partial charge on any atom is 0.312 e. The maximum absolute atomic E-state index is 13.3. The van der Waals surface area contributed by atoms with Crippen LogP contribution in [0.2, 0.25) is 0 Å². The molecule has 1 atom stereocenters. The molecule has 2 aromatic carbocycles. The lowest BCUT2D eigenvalue weighted by Crippen LogP contribution is -2.44. The molecule has 1 saturated heterocycles. The van der Waals surface area contributed by atoms with Gasteiger partial charge < -0.3 is 20.7 Å². The smallest absolute Gasteiger partial charge is 0.312 e. The highest BCUT2D eigenvalue weighted by molar-refractivity contribution is 7.90. The fourth-order valence-corrected chi connectivity index (χ4v) is 5.04. The Hall–Kier alpha value is -3.57. The van der Waals surface area contributed by atoms with Crippen molar-refractivity contribution in [2.75, 3.05) is 24.7 Å². The number of halogens is 1. The van der Waals surface area contributed by atoms with Crippen molar-refractivity contribution in [3.63, 3.8) is 0 Å². The largest absolute Gasteiger partial charge is 0.377 e. The molecule has 2 heterocycles. The molecule has 35 heavy (non-hydrogen) atoms. The molecule has 0 aliphatic carbocycles. The molecule has 4 rings (SSSR count). The first kappa shape index (κ1) is 24.6. The Labute approximate surface area is 203 Å². The van der Waals surface area contributed by atoms with Crippen molar-refractivity contribution in [3.8, 4) is 11.4 Å². The standard InChI is InChI=1S/C24H26FN5O4S/c1-16-14-34-11-10-30(16)22-12-20(15-35(32,33)21-8-6-19(25)7-9-21)28-23(29-22)18-4-2-17(3-5-18)13-27-24(26)31/h2-9,12,16H,10-11,13-15H2,1H3,(H3,26,27,31)/t16-/m0/s1. The number of carbonyl (C=O) groups is 1. The highest BCUT2D eigenvalue weighted by Gasteiger charge is 2.24. The average molecular weight is 500 g/mol. The van der Waals surface area contributed by atoms with Gasteiger partial charge in [0.1, 0.15) is 11.6 Å². The lowest BCUT2D eigenvalue weighted by atomic mass is 10.1. The van der Waals surface area contributed by atoms with Crippen LogP contribution in [0.3, 0.4) is 0 Å². The van der Waals surface area contributed by atoms with Gasteiger partial charge in [-0.25, -0.2) is 27.6 Å². The lowest BCUT2D eigenvalue weighted by molar-refractivity contribution is 0.0985. The van der Waals surface area contributed by atoms with Crippen LogP contribution < -0.4 is 16.0 Å². The minimum Gasteiger partial charge on any atom is -0.377 e. The van der Waals surface area contributed by atoms with Crippen LogP contribution in [0.5, 0.6) is 0 Å². The number of anilines is 1. The van der Waals surface area contributed by atoms with Crippen LogP contribution in [0.4, 0.5) is 15.0 Å². The summed E-state index contributed by atoms with van der Waals surface area (Å²) in [7, 11) is -3.76. The quantitative estimate of drug-likeness (QED) is 0.479. The molecule has 0 spiro atoms. The normalized spacial score (nSPS) is 16.2. The number of amides is 2. The number of hydrogen-bond donors (Lipinski definition) is 2. The molecule has 0 saturated carbocycles. The summed E-state index contributed by atoms with van der Waals surface area (Å²) < 4.78 is 44.9. The number of carbonyl (C=O) groups excluding carboxylic acids is 1. The summed E-state index contributed by atoms with van der Waals surface area (Å²) in [6.45, 7) is 3.97. The van der Waals surface area contributed by atoms with Crippen molar-refractivity contribution in [3.05, 3.63) is 71.7 Å². The number of nitrogens with one attached hydrogen (secondary N) is 1. The molecule has 11 heteroatoms. The highest BCUT2D eigenvalue weighted by Crippen LogP contribution is 2.25. The second kappa shape index (κ2) is 10.4. The summed E-state index contributed by atoms with van der Waals surface area (Å²) in [6, 6.07) is 13.1. The third-order valence-corrected chi connectivity index (χ3v) is 7.28. The fraction of sp³-hybridized carbons (Fsp3) is 0.292. The van der Waals surface area contributed by atoms with Gasteiger partial charge in [0.15, 0.2) is 15.7 Å². The number of hydrogen-bond acceptors (Lipinski definition) is 7. The summed E-state index contributed by atoms with van der Waals surface area (Å²) in [5.74, 6) is 0.112. The summed E-state index contributed by atoms with van der Waals surface area (Å²) in [5.41, 5.74) is 6.98. The lowest BCUT2D eigenvalue weighted by Gasteiger charge is -2.34. The van der Waals surface area contributed by atoms with E-state index in [4.69, 9.17) is 15.5 Å². The topological polar surface area (TPSA) is 128 Å². The molecule has 1 fully saturated rings. The van der Waals surface area contributed by atoms with E-state index in [1.807, 2.05) is 19.1 Å². The third-order valence-electron chi connectivity index (χ3n) is 5.62. The van der Waals surface area contributed by atoms with E-state index in [9.17, 15) is 17.6 Å². The molecule has 3 aromatic rings. The SMILES string of the molecule is C[C@H]1COCCN1c1cc(CS(=O)(=O)c2ccc(F)cc2)nc(-c2ccc(CNC(N)=O)cc2)n1. The first-order chi connectivity index (χ1) is 16.7. The Morgan fingerprint density at radius 1 is 1.17 bits per heavy atom. The predicted octanol–water partition coefficient (Wildman–Crippen LogP) is 2.65. The van der Waals surface area contributed by atoms with Crippen LogP contribution in [0, 0.1) is 5.82 Å². The average Bonchev–Trinajstić information content (AvgIpc) is 2.83. The number of nitrogens with two attached hydrogens (primary N) is 1. The van der Waals surface area contributed by atoms with E-state index < -0.39 is 21.7 Å². The molecule has 1 aromatic heterocycles. The van der Waals surface area contributed by atoms with E-state index in [0.29, 0.717) is 42.7 Å². The molecule has 2 amide bonds. The predicted molar refractivity (Wildman–Crippen MR) is 129 cm³/mol. The van der Waals surface area contributed by atoms with Crippen molar-refractivity contribution in [1.82, 2.24) is 15.3 Å². The summed E-state index contributed by atoms with van der Waals surface area (Å²) >= 11 is 0. The van der Waals surface area contributed by atoms with Crippen LogP contribution in [-0.2, 0) is 26.9 Å². The summed E-state index contributed by atoms with van der Waals surface area (Å²) in [5, 5.41) is 2.53. The van der Waals surface area contributed by atoms with Gasteiger partial charge in [-0.3, -0.25) is 0 Å². The Morgan fingerprint density at radius 3 is 2.54 bits per heavy atom.